The van der Waals surface area contributed by atoms with E-state index < -0.39 is 9.73 Å². The summed E-state index contributed by atoms with van der Waals surface area (Å²) in [7, 11) is -2.83. The molecule has 2 aromatic rings. The van der Waals surface area contributed by atoms with Crippen LogP contribution in [0.4, 0.5) is 0 Å². The average molecular weight is 307 g/mol. The highest BCUT2D eigenvalue weighted by molar-refractivity contribution is 7.92. The number of hydrogen-bond acceptors (Lipinski definition) is 5. The average Bonchev–Trinajstić information content (AvgIpc) is 2.91. The predicted molar refractivity (Wildman–Crippen MR) is 82.9 cm³/mol. The second-order valence-corrected chi connectivity index (χ2v) is 7.91. The number of hydrogen-bond donors (Lipinski definition) is 2. The Labute approximate surface area is 124 Å². The Kier molecular flexibility index (Phi) is 3.99. The van der Waals surface area contributed by atoms with E-state index in [0.717, 1.165) is 24.2 Å². The number of rotatable bonds is 4. The normalized spacial score (nSPS) is 19.7. The van der Waals surface area contributed by atoms with Crippen LogP contribution in [0.15, 0.2) is 27.5 Å². The van der Waals surface area contributed by atoms with E-state index in [2.05, 4.69) is 4.98 Å². The fraction of sp³-hybridized carbons (Fsp3) is 0.533. The minimum atomic E-state index is -2.83. The maximum atomic E-state index is 12.3. The van der Waals surface area contributed by atoms with Crippen molar-refractivity contribution in [1.29, 1.82) is 4.78 Å². The molecule has 0 bridgehead atoms. The third kappa shape index (κ3) is 2.96. The summed E-state index contributed by atoms with van der Waals surface area (Å²) in [4.78, 5) is 5.04. The van der Waals surface area contributed by atoms with Crippen molar-refractivity contribution in [3.63, 3.8) is 0 Å². The Hall–Kier alpha value is -1.40. The van der Waals surface area contributed by atoms with Crippen LogP contribution in [0.25, 0.3) is 11.1 Å². The Morgan fingerprint density at radius 3 is 2.81 bits per heavy atom. The van der Waals surface area contributed by atoms with E-state index in [9.17, 15) is 4.21 Å². The Balaban J connectivity index is 1.95. The van der Waals surface area contributed by atoms with E-state index in [-0.39, 0.29) is 12.3 Å². The molecule has 1 saturated carbocycles. The fourth-order valence-electron chi connectivity index (χ4n) is 2.94. The van der Waals surface area contributed by atoms with Gasteiger partial charge in [-0.05, 0) is 25.0 Å². The minimum absolute atomic E-state index is 0.169. The third-order valence-electron chi connectivity index (χ3n) is 4.12. The van der Waals surface area contributed by atoms with Gasteiger partial charge in [0, 0.05) is 24.3 Å². The molecule has 0 aliphatic heterocycles. The highest BCUT2D eigenvalue weighted by Gasteiger charge is 2.21. The number of nitrogens with one attached hydrogen (secondary N) is 1. The summed E-state index contributed by atoms with van der Waals surface area (Å²) < 4.78 is 26.1. The van der Waals surface area contributed by atoms with Gasteiger partial charge in [-0.2, -0.15) is 0 Å². The Morgan fingerprint density at radius 2 is 2.10 bits per heavy atom. The molecule has 1 heterocycles. The second kappa shape index (κ2) is 5.77. The zero-order chi connectivity index (χ0) is 14.9. The zero-order valence-corrected chi connectivity index (χ0v) is 12.8. The largest absolute Gasteiger partial charge is 0.440 e. The first kappa shape index (κ1) is 14.5. The first-order valence-electron chi connectivity index (χ1n) is 7.47. The van der Waals surface area contributed by atoms with Crippen LogP contribution in [-0.4, -0.2) is 21.5 Å². The van der Waals surface area contributed by atoms with Gasteiger partial charge in [0.15, 0.2) is 11.5 Å². The van der Waals surface area contributed by atoms with Crippen LogP contribution in [-0.2, 0) is 9.73 Å². The quantitative estimate of drug-likeness (QED) is 0.906. The van der Waals surface area contributed by atoms with Crippen molar-refractivity contribution in [3.8, 4) is 0 Å². The number of fused-ring (bicyclic) bond motifs is 1. The molecule has 1 aromatic carbocycles. The summed E-state index contributed by atoms with van der Waals surface area (Å²) in [6.07, 6.45) is 6.00. The molecule has 6 heteroatoms. The molecule has 1 aliphatic rings. The molecule has 0 radical (unpaired) electrons. The van der Waals surface area contributed by atoms with Crippen LogP contribution in [0.2, 0.25) is 0 Å². The maximum absolute atomic E-state index is 12.3. The third-order valence-corrected chi connectivity index (χ3v) is 5.94. The number of oxazole rings is 1. The number of aromatic nitrogens is 1. The summed E-state index contributed by atoms with van der Waals surface area (Å²) in [5.74, 6) is 1.36. The number of nitrogens with zero attached hydrogens (tertiary/aromatic N) is 1. The summed E-state index contributed by atoms with van der Waals surface area (Å²) in [5, 5.41) is 0. The van der Waals surface area contributed by atoms with Crippen LogP contribution >= 0.6 is 0 Å². The van der Waals surface area contributed by atoms with E-state index >= 15 is 0 Å². The first-order valence-corrected chi connectivity index (χ1v) is 9.20. The highest BCUT2D eigenvalue weighted by atomic mass is 32.2. The van der Waals surface area contributed by atoms with Gasteiger partial charge in [-0.3, -0.25) is 0 Å². The molecule has 3 N–H and O–H groups in total. The molecule has 0 amide bonds. The molecule has 3 rings (SSSR count). The van der Waals surface area contributed by atoms with Crippen molar-refractivity contribution in [2.45, 2.75) is 42.9 Å². The molecular weight excluding hydrogens is 286 g/mol. The molecule has 21 heavy (non-hydrogen) atoms. The summed E-state index contributed by atoms with van der Waals surface area (Å²) in [6.45, 7) is 0.240. The van der Waals surface area contributed by atoms with Crippen LogP contribution in [0.5, 0.6) is 0 Å². The number of nitrogens with two attached hydrogens (primary N) is 1. The zero-order valence-electron chi connectivity index (χ0n) is 12.0. The SMILES string of the molecule is N=S(=O)(CCN)c1ccc2nc(C3CCCCC3)oc2c1. The molecule has 0 saturated heterocycles. The topological polar surface area (TPSA) is 93.0 Å². The van der Waals surface area contributed by atoms with Crippen molar-refractivity contribution in [2.24, 2.45) is 5.73 Å². The van der Waals surface area contributed by atoms with Gasteiger partial charge in [-0.15, -0.1) is 0 Å². The molecule has 114 valence electrons. The van der Waals surface area contributed by atoms with Crippen molar-refractivity contribution in [3.05, 3.63) is 24.1 Å². The lowest BCUT2D eigenvalue weighted by Gasteiger charge is -2.17. The highest BCUT2D eigenvalue weighted by Crippen LogP contribution is 2.34. The molecule has 1 unspecified atom stereocenters. The van der Waals surface area contributed by atoms with E-state index in [1.54, 1.807) is 18.2 Å². The van der Waals surface area contributed by atoms with Gasteiger partial charge in [0.2, 0.25) is 0 Å². The molecule has 1 fully saturated rings. The predicted octanol–water partition coefficient (Wildman–Crippen LogP) is 3.24. The van der Waals surface area contributed by atoms with Crippen molar-refractivity contribution >= 4 is 20.8 Å². The second-order valence-electron chi connectivity index (χ2n) is 5.68. The minimum Gasteiger partial charge on any atom is -0.440 e. The smallest absolute Gasteiger partial charge is 0.198 e. The van der Waals surface area contributed by atoms with Gasteiger partial charge in [0.25, 0.3) is 0 Å². The van der Waals surface area contributed by atoms with Gasteiger partial charge in [0.1, 0.15) is 5.52 Å². The van der Waals surface area contributed by atoms with Crippen LogP contribution < -0.4 is 5.73 Å². The van der Waals surface area contributed by atoms with Gasteiger partial charge in [-0.25, -0.2) is 14.0 Å². The maximum Gasteiger partial charge on any atom is 0.198 e. The fourth-order valence-corrected chi connectivity index (χ4v) is 4.09. The van der Waals surface area contributed by atoms with Gasteiger partial charge in [0.05, 0.1) is 14.6 Å². The van der Waals surface area contributed by atoms with Gasteiger partial charge >= 0.3 is 0 Å². The van der Waals surface area contributed by atoms with Crippen molar-refractivity contribution in [2.75, 3.05) is 12.3 Å². The number of benzene rings is 1. The summed E-state index contributed by atoms with van der Waals surface area (Å²) >= 11 is 0. The summed E-state index contributed by atoms with van der Waals surface area (Å²) in [6, 6.07) is 5.20. The van der Waals surface area contributed by atoms with Gasteiger partial charge < -0.3 is 10.2 Å². The van der Waals surface area contributed by atoms with Crippen LogP contribution in [0, 0.1) is 4.78 Å². The lowest BCUT2D eigenvalue weighted by molar-refractivity contribution is 0.373. The van der Waals surface area contributed by atoms with E-state index in [0.29, 0.717) is 16.4 Å². The van der Waals surface area contributed by atoms with Gasteiger partial charge in [-0.1, -0.05) is 19.3 Å². The standard InChI is InChI=1S/C15H21N3O2S/c16-8-9-21(17,19)12-6-7-13-14(10-12)20-15(18-13)11-4-2-1-3-5-11/h6-7,10-11,17H,1-5,8-9,16H2. The molecule has 1 atom stereocenters. The first-order chi connectivity index (χ1) is 10.1. The van der Waals surface area contributed by atoms with Crippen LogP contribution in [0.1, 0.15) is 43.9 Å². The van der Waals surface area contributed by atoms with E-state index in [1.807, 2.05) is 0 Å². The van der Waals surface area contributed by atoms with E-state index in [4.69, 9.17) is 14.9 Å². The lowest BCUT2D eigenvalue weighted by atomic mass is 9.89. The van der Waals surface area contributed by atoms with Crippen LogP contribution in [0.3, 0.4) is 0 Å². The van der Waals surface area contributed by atoms with Crippen molar-refractivity contribution < 1.29 is 8.63 Å². The lowest BCUT2D eigenvalue weighted by Crippen LogP contribution is -2.14. The monoisotopic (exact) mass is 307 g/mol. The molecule has 5 nitrogen and oxygen atoms in total. The molecule has 1 aliphatic carbocycles. The molecular formula is C15H21N3O2S. The molecule has 1 aromatic heterocycles. The Morgan fingerprint density at radius 1 is 1.33 bits per heavy atom. The molecule has 0 spiro atoms. The van der Waals surface area contributed by atoms with E-state index in [1.165, 1.54) is 19.3 Å². The van der Waals surface area contributed by atoms with Crippen molar-refractivity contribution in [1.82, 2.24) is 4.98 Å². The Bertz CT molecular complexity index is 730. The summed E-state index contributed by atoms with van der Waals surface area (Å²) in [5.41, 5.74) is 6.84.